The molecule has 8 heteroatoms. The van der Waals surface area contributed by atoms with Crippen LogP contribution in [-0.4, -0.2) is 49.7 Å². The molecule has 0 saturated carbocycles. The van der Waals surface area contributed by atoms with Crippen molar-refractivity contribution in [3.63, 3.8) is 0 Å². The molecule has 1 atom stereocenters. The van der Waals surface area contributed by atoms with Gasteiger partial charge in [-0.1, -0.05) is 12.1 Å². The van der Waals surface area contributed by atoms with Gasteiger partial charge in [-0.25, -0.2) is 4.39 Å². The molecule has 0 spiro atoms. The van der Waals surface area contributed by atoms with Crippen LogP contribution in [0, 0.1) is 5.82 Å². The zero-order valence-electron chi connectivity index (χ0n) is 15.8. The van der Waals surface area contributed by atoms with Gasteiger partial charge in [0.05, 0.1) is 12.6 Å². The largest absolute Gasteiger partial charge is 0.475 e. The average Bonchev–Trinajstić information content (AvgIpc) is 2.70. The summed E-state index contributed by atoms with van der Waals surface area (Å²) in [5.41, 5.74) is 2.20. The number of carbonyl (C=O) groups excluding carboxylic acids is 1. The molecular weight excluding hydrogens is 387 g/mol. The predicted molar refractivity (Wildman–Crippen MR) is 104 cm³/mol. The number of pyridine rings is 1. The minimum atomic E-state index is -0.301. The third-order valence-electron chi connectivity index (χ3n) is 4.39. The lowest BCUT2D eigenvalue weighted by Crippen LogP contribution is -2.46. The zero-order valence-corrected chi connectivity index (χ0v) is 16.5. The molecule has 1 aromatic heterocycles. The summed E-state index contributed by atoms with van der Waals surface area (Å²) in [4.78, 5) is 18.5. The fraction of sp³-hybridized carbons (Fsp3) is 0.400. The molecule has 28 heavy (non-hydrogen) atoms. The lowest BCUT2D eigenvalue weighted by Gasteiger charge is -2.34. The van der Waals surface area contributed by atoms with E-state index in [1.165, 1.54) is 12.1 Å². The quantitative estimate of drug-likeness (QED) is 0.520. The second-order valence-corrected chi connectivity index (χ2v) is 6.75. The maximum Gasteiger partial charge on any atom is 0.242 e. The van der Waals surface area contributed by atoms with Gasteiger partial charge in [0, 0.05) is 19.1 Å². The highest BCUT2D eigenvalue weighted by Crippen LogP contribution is 2.37. The lowest BCUT2D eigenvalue weighted by atomic mass is 10.0. The van der Waals surface area contributed by atoms with Gasteiger partial charge < -0.3 is 19.1 Å². The van der Waals surface area contributed by atoms with E-state index >= 15 is 0 Å². The lowest BCUT2D eigenvalue weighted by molar-refractivity contribution is -0.117. The second kappa shape index (κ2) is 9.21. The Bertz CT molecular complexity index is 832. The van der Waals surface area contributed by atoms with Crippen molar-refractivity contribution in [3.8, 4) is 11.8 Å². The van der Waals surface area contributed by atoms with Gasteiger partial charge in [0.25, 0.3) is 0 Å². The summed E-state index contributed by atoms with van der Waals surface area (Å²) >= 11 is 5.79. The number of amides is 1. The van der Waals surface area contributed by atoms with Crippen molar-refractivity contribution in [3.05, 3.63) is 47.3 Å². The molecule has 0 unspecified atom stereocenters. The summed E-state index contributed by atoms with van der Waals surface area (Å²) in [5, 5.41) is 0. The van der Waals surface area contributed by atoms with Crippen LogP contribution in [0.2, 0.25) is 0 Å². The van der Waals surface area contributed by atoms with E-state index in [4.69, 9.17) is 25.8 Å². The zero-order chi connectivity index (χ0) is 20.1. The van der Waals surface area contributed by atoms with Crippen LogP contribution in [0.1, 0.15) is 18.1 Å². The Kier molecular flexibility index (Phi) is 6.70. The van der Waals surface area contributed by atoms with Gasteiger partial charge in [0.15, 0.2) is 0 Å². The van der Waals surface area contributed by atoms with Gasteiger partial charge in [-0.05, 0) is 30.7 Å². The van der Waals surface area contributed by atoms with E-state index < -0.39 is 0 Å². The summed E-state index contributed by atoms with van der Waals surface area (Å²) in [6.45, 7) is 2.93. The molecule has 0 N–H and O–H groups in total. The van der Waals surface area contributed by atoms with Crippen LogP contribution in [0.5, 0.6) is 11.8 Å². The fourth-order valence-corrected chi connectivity index (χ4v) is 3.17. The number of rotatable bonds is 7. The number of ether oxygens (including phenoxy) is 3. The number of methoxy groups -OCH3 is 1. The van der Waals surface area contributed by atoms with E-state index in [1.54, 1.807) is 24.1 Å². The van der Waals surface area contributed by atoms with Crippen LogP contribution in [0.15, 0.2) is 30.3 Å². The molecule has 0 saturated heterocycles. The molecule has 0 fully saturated rings. The van der Waals surface area contributed by atoms with Gasteiger partial charge >= 0.3 is 0 Å². The maximum absolute atomic E-state index is 13.2. The SMILES string of the molecule is COCCOc1nc2c(cc1Cc1ccc(F)cc1)N(C(=O)CCl)[C@@H](C)CO2. The van der Waals surface area contributed by atoms with E-state index in [-0.39, 0.29) is 23.6 Å². The minimum Gasteiger partial charge on any atom is -0.475 e. The second-order valence-electron chi connectivity index (χ2n) is 6.48. The number of halogens is 2. The van der Waals surface area contributed by atoms with Crippen LogP contribution in [0.3, 0.4) is 0 Å². The molecule has 6 nitrogen and oxygen atoms in total. The van der Waals surface area contributed by atoms with Gasteiger partial charge in [-0.3, -0.25) is 4.79 Å². The van der Waals surface area contributed by atoms with Gasteiger partial charge in [0.2, 0.25) is 17.7 Å². The van der Waals surface area contributed by atoms with Gasteiger partial charge in [-0.2, -0.15) is 4.98 Å². The van der Waals surface area contributed by atoms with Gasteiger partial charge in [-0.15, -0.1) is 11.6 Å². The van der Waals surface area contributed by atoms with E-state index in [1.807, 2.05) is 13.0 Å². The topological polar surface area (TPSA) is 60.9 Å². The third kappa shape index (κ3) is 4.54. The van der Waals surface area contributed by atoms with Gasteiger partial charge in [0.1, 0.15) is 30.6 Å². The molecule has 2 aromatic rings. The van der Waals surface area contributed by atoms with Crippen LogP contribution in [0.4, 0.5) is 10.1 Å². The van der Waals surface area contributed by atoms with Crippen molar-refractivity contribution in [2.45, 2.75) is 19.4 Å². The molecule has 2 heterocycles. The summed E-state index contributed by atoms with van der Waals surface area (Å²) in [6.07, 6.45) is 0.458. The van der Waals surface area contributed by atoms with Crippen molar-refractivity contribution in [2.24, 2.45) is 0 Å². The highest BCUT2D eigenvalue weighted by molar-refractivity contribution is 6.29. The Morgan fingerprint density at radius 3 is 2.79 bits per heavy atom. The van der Waals surface area contributed by atoms with E-state index in [9.17, 15) is 9.18 Å². The monoisotopic (exact) mass is 408 g/mol. The van der Waals surface area contributed by atoms with Crippen LogP contribution in [-0.2, 0) is 16.0 Å². The number of aromatic nitrogens is 1. The summed E-state index contributed by atoms with van der Waals surface area (Å²) in [5.74, 6) is 0.0643. The Labute approximate surface area is 168 Å². The molecule has 1 aromatic carbocycles. The van der Waals surface area contributed by atoms with Crippen molar-refractivity contribution >= 4 is 23.2 Å². The van der Waals surface area contributed by atoms with E-state index in [2.05, 4.69) is 4.98 Å². The Morgan fingerprint density at radius 2 is 2.11 bits per heavy atom. The van der Waals surface area contributed by atoms with Crippen LogP contribution < -0.4 is 14.4 Å². The molecule has 1 aliphatic rings. The smallest absolute Gasteiger partial charge is 0.242 e. The molecule has 150 valence electrons. The predicted octanol–water partition coefficient (Wildman–Crippen LogP) is 3.19. The number of hydrogen-bond acceptors (Lipinski definition) is 5. The van der Waals surface area contributed by atoms with Crippen molar-refractivity contribution in [1.82, 2.24) is 4.98 Å². The number of nitrogens with zero attached hydrogens (tertiary/aromatic N) is 2. The summed E-state index contributed by atoms with van der Waals surface area (Å²) < 4.78 is 29.8. The molecule has 1 amide bonds. The Hall–Kier alpha value is -2.38. The van der Waals surface area contributed by atoms with Crippen molar-refractivity contribution in [2.75, 3.05) is 37.7 Å². The Balaban J connectivity index is 2.00. The number of carbonyl (C=O) groups is 1. The number of anilines is 1. The summed E-state index contributed by atoms with van der Waals surface area (Å²) in [7, 11) is 1.59. The normalized spacial score (nSPS) is 15.7. The first kappa shape index (κ1) is 20.4. The molecule has 0 bridgehead atoms. The van der Waals surface area contributed by atoms with E-state index in [0.29, 0.717) is 43.7 Å². The minimum absolute atomic E-state index is 0.136. The highest BCUT2D eigenvalue weighted by Gasteiger charge is 2.31. The number of alkyl halides is 1. The number of benzene rings is 1. The summed E-state index contributed by atoms with van der Waals surface area (Å²) in [6, 6.07) is 7.87. The van der Waals surface area contributed by atoms with Crippen molar-refractivity contribution < 1.29 is 23.4 Å². The van der Waals surface area contributed by atoms with Crippen LogP contribution in [0.25, 0.3) is 0 Å². The van der Waals surface area contributed by atoms with Crippen molar-refractivity contribution in [1.29, 1.82) is 0 Å². The first-order valence-corrected chi connectivity index (χ1v) is 9.48. The molecular formula is C20H22ClFN2O4. The fourth-order valence-electron chi connectivity index (χ4n) is 3.04. The molecule has 0 aliphatic carbocycles. The van der Waals surface area contributed by atoms with E-state index in [0.717, 1.165) is 11.1 Å². The number of fused-ring (bicyclic) bond motifs is 1. The Morgan fingerprint density at radius 1 is 1.36 bits per heavy atom. The molecule has 1 aliphatic heterocycles. The first-order valence-electron chi connectivity index (χ1n) is 8.94. The molecule has 0 radical (unpaired) electrons. The average molecular weight is 409 g/mol. The third-order valence-corrected chi connectivity index (χ3v) is 4.62. The maximum atomic E-state index is 13.2. The highest BCUT2D eigenvalue weighted by atomic mass is 35.5. The number of hydrogen-bond donors (Lipinski definition) is 0. The molecule has 3 rings (SSSR count). The first-order chi connectivity index (χ1) is 13.5. The van der Waals surface area contributed by atoms with Crippen LogP contribution >= 0.6 is 11.6 Å². The standard InChI is InChI=1S/C20H22ClFN2O4/c1-13-12-28-20-17(24(13)18(25)11-21)10-15(19(23-20)27-8-7-26-2)9-14-3-5-16(22)6-4-14/h3-6,10,13H,7-9,11-12H2,1-2H3/t13-/m0/s1.